The van der Waals surface area contributed by atoms with Crippen LogP contribution in [0.25, 0.3) is 0 Å². The smallest absolute Gasteiger partial charge is 0.254 e. The molecular weight excluding hydrogens is 399 g/mol. The van der Waals surface area contributed by atoms with Crippen LogP contribution in [-0.2, 0) is 4.74 Å². The molecule has 1 aliphatic heterocycles. The van der Waals surface area contributed by atoms with E-state index >= 15 is 0 Å². The van der Waals surface area contributed by atoms with Gasteiger partial charge in [0, 0.05) is 37.3 Å². The van der Waals surface area contributed by atoms with Gasteiger partial charge >= 0.3 is 0 Å². The van der Waals surface area contributed by atoms with E-state index in [2.05, 4.69) is 0 Å². The van der Waals surface area contributed by atoms with Crippen LogP contribution in [0.5, 0.6) is 5.75 Å². The van der Waals surface area contributed by atoms with Crippen LogP contribution in [0, 0.1) is 11.7 Å². The summed E-state index contributed by atoms with van der Waals surface area (Å²) in [5.41, 5.74) is 1.02. The number of amides is 2. The van der Waals surface area contributed by atoms with E-state index in [9.17, 15) is 14.0 Å². The van der Waals surface area contributed by atoms with Crippen molar-refractivity contribution in [2.75, 3.05) is 39.9 Å². The largest absolute Gasteiger partial charge is 0.497 e. The highest BCUT2D eigenvalue weighted by Gasteiger charge is 2.28. The molecule has 0 radical (unpaired) electrons. The lowest BCUT2D eigenvalue weighted by Gasteiger charge is -2.36. The van der Waals surface area contributed by atoms with Gasteiger partial charge in [0.2, 0.25) is 0 Å². The van der Waals surface area contributed by atoms with Crippen molar-refractivity contribution < 1.29 is 23.5 Å². The average molecular weight is 429 g/mol. The van der Waals surface area contributed by atoms with E-state index < -0.39 is 0 Å². The summed E-state index contributed by atoms with van der Waals surface area (Å²) in [6.45, 7) is 6.28. The molecular formula is C24H29FN2O4. The van der Waals surface area contributed by atoms with Crippen LogP contribution in [0.15, 0.2) is 48.5 Å². The summed E-state index contributed by atoms with van der Waals surface area (Å²) in [4.78, 5) is 29.4. The molecule has 0 N–H and O–H groups in total. The van der Waals surface area contributed by atoms with Crippen LogP contribution in [0.2, 0.25) is 0 Å². The van der Waals surface area contributed by atoms with E-state index in [1.54, 1.807) is 41.2 Å². The molecule has 166 valence electrons. The number of benzene rings is 2. The molecule has 1 aliphatic rings. The first-order chi connectivity index (χ1) is 14.9. The minimum atomic E-state index is -0.379. The standard InChI is InChI=1S/C24H29FN2O4/c1-17(2)14-27(24(29)18-4-8-20(25)9-5-18)16-22-15-26(12-13-31-22)23(28)19-6-10-21(30-3)11-7-19/h4-11,17,22H,12-16H2,1-3H3. The molecule has 2 aromatic carbocycles. The molecule has 0 spiro atoms. The number of halogens is 1. The molecule has 2 amide bonds. The summed E-state index contributed by atoms with van der Waals surface area (Å²) in [6, 6.07) is 12.6. The molecule has 0 aliphatic carbocycles. The predicted molar refractivity (Wildman–Crippen MR) is 116 cm³/mol. The molecule has 2 aromatic rings. The van der Waals surface area contributed by atoms with Gasteiger partial charge in [-0.15, -0.1) is 0 Å². The number of methoxy groups -OCH3 is 1. The van der Waals surface area contributed by atoms with Gasteiger partial charge in [-0.1, -0.05) is 13.8 Å². The molecule has 1 fully saturated rings. The maximum absolute atomic E-state index is 13.2. The van der Waals surface area contributed by atoms with Crippen molar-refractivity contribution in [2.45, 2.75) is 20.0 Å². The monoisotopic (exact) mass is 428 g/mol. The first kappa shape index (κ1) is 22.7. The Bertz CT molecular complexity index is 883. The molecule has 1 unspecified atom stereocenters. The van der Waals surface area contributed by atoms with Crippen molar-refractivity contribution in [3.8, 4) is 5.75 Å². The third-order valence-corrected chi connectivity index (χ3v) is 5.15. The Hall–Kier alpha value is -2.93. The third kappa shape index (κ3) is 6.04. The Labute approximate surface area is 182 Å². The van der Waals surface area contributed by atoms with Gasteiger partial charge in [0.1, 0.15) is 11.6 Å². The fraction of sp³-hybridized carbons (Fsp3) is 0.417. The highest BCUT2D eigenvalue weighted by atomic mass is 19.1. The summed E-state index contributed by atoms with van der Waals surface area (Å²) >= 11 is 0. The molecule has 0 aromatic heterocycles. The van der Waals surface area contributed by atoms with Crippen LogP contribution >= 0.6 is 0 Å². The molecule has 3 rings (SSSR count). The maximum Gasteiger partial charge on any atom is 0.254 e. The van der Waals surface area contributed by atoms with Gasteiger partial charge < -0.3 is 19.3 Å². The van der Waals surface area contributed by atoms with Gasteiger partial charge in [-0.2, -0.15) is 0 Å². The normalized spacial score (nSPS) is 16.3. The van der Waals surface area contributed by atoms with Crippen molar-refractivity contribution in [1.82, 2.24) is 9.80 Å². The summed E-state index contributed by atoms with van der Waals surface area (Å²) < 4.78 is 24.3. The van der Waals surface area contributed by atoms with E-state index in [-0.39, 0.29) is 29.7 Å². The van der Waals surface area contributed by atoms with Gasteiger partial charge in [-0.25, -0.2) is 4.39 Å². The number of carbonyl (C=O) groups excluding carboxylic acids is 2. The van der Waals surface area contributed by atoms with Gasteiger partial charge in [0.05, 0.1) is 19.8 Å². The quantitative estimate of drug-likeness (QED) is 0.678. The van der Waals surface area contributed by atoms with Crippen molar-refractivity contribution >= 4 is 11.8 Å². The lowest BCUT2D eigenvalue weighted by atomic mass is 10.1. The summed E-state index contributed by atoms with van der Waals surface area (Å²) in [5.74, 6) is 0.326. The lowest BCUT2D eigenvalue weighted by Crippen LogP contribution is -2.51. The SMILES string of the molecule is COc1ccc(C(=O)N2CCOC(CN(CC(C)C)C(=O)c3ccc(F)cc3)C2)cc1. The van der Waals surface area contributed by atoms with Crippen LogP contribution in [-0.4, -0.2) is 67.6 Å². The van der Waals surface area contributed by atoms with Crippen molar-refractivity contribution in [2.24, 2.45) is 5.92 Å². The van der Waals surface area contributed by atoms with E-state index in [0.717, 1.165) is 0 Å². The highest BCUT2D eigenvalue weighted by Crippen LogP contribution is 2.17. The van der Waals surface area contributed by atoms with Crippen molar-refractivity contribution in [1.29, 1.82) is 0 Å². The lowest BCUT2D eigenvalue weighted by molar-refractivity contribution is -0.0340. The third-order valence-electron chi connectivity index (χ3n) is 5.15. The van der Waals surface area contributed by atoms with Gasteiger partial charge in [0.25, 0.3) is 11.8 Å². The minimum absolute atomic E-state index is 0.0729. The Balaban J connectivity index is 1.68. The number of hydrogen-bond donors (Lipinski definition) is 0. The van der Waals surface area contributed by atoms with Crippen molar-refractivity contribution in [3.05, 3.63) is 65.5 Å². The van der Waals surface area contributed by atoms with E-state index in [4.69, 9.17) is 9.47 Å². The number of nitrogens with zero attached hydrogens (tertiary/aromatic N) is 2. The van der Waals surface area contributed by atoms with Gasteiger partial charge in [-0.3, -0.25) is 9.59 Å². The second-order valence-electron chi connectivity index (χ2n) is 8.08. The number of morpholine rings is 1. The van der Waals surface area contributed by atoms with Crippen molar-refractivity contribution in [3.63, 3.8) is 0 Å². The topological polar surface area (TPSA) is 59.1 Å². The number of rotatable bonds is 7. The molecule has 7 heteroatoms. The zero-order chi connectivity index (χ0) is 22.4. The molecule has 6 nitrogen and oxygen atoms in total. The van der Waals surface area contributed by atoms with Gasteiger partial charge in [-0.05, 0) is 54.4 Å². The Morgan fingerprint density at radius 1 is 1.13 bits per heavy atom. The molecule has 31 heavy (non-hydrogen) atoms. The molecule has 1 atom stereocenters. The summed E-state index contributed by atoms with van der Waals surface area (Å²) in [7, 11) is 1.58. The Morgan fingerprint density at radius 3 is 2.39 bits per heavy atom. The zero-order valence-corrected chi connectivity index (χ0v) is 18.2. The number of ether oxygens (including phenoxy) is 2. The summed E-state index contributed by atoms with van der Waals surface area (Å²) in [6.07, 6.45) is -0.293. The predicted octanol–water partition coefficient (Wildman–Crippen LogP) is 3.47. The maximum atomic E-state index is 13.2. The van der Waals surface area contributed by atoms with E-state index in [0.29, 0.717) is 49.7 Å². The fourth-order valence-electron chi connectivity index (χ4n) is 3.63. The minimum Gasteiger partial charge on any atom is -0.497 e. The van der Waals surface area contributed by atoms with E-state index in [1.165, 1.54) is 24.3 Å². The molecule has 0 bridgehead atoms. The number of carbonyl (C=O) groups is 2. The Kier molecular flexibility index (Phi) is 7.63. The zero-order valence-electron chi connectivity index (χ0n) is 18.2. The van der Waals surface area contributed by atoms with Gasteiger partial charge in [0.15, 0.2) is 0 Å². The average Bonchev–Trinajstić information content (AvgIpc) is 2.78. The van der Waals surface area contributed by atoms with Crippen LogP contribution in [0.1, 0.15) is 34.6 Å². The highest BCUT2D eigenvalue weighted by molar-refractivity contribution is 5.95. The molecule has 0 saturated carbocycles. The first-order valence-corrected chi connectivity index (χ1v) is 10.5. The number of hydrogen-bond acceptors (Lipinski definition) is 4. The van der Waals surface area contributed by atoms with Crippen LogP contribution in [0.3, 0.4) is 0 Å². The second-order valence-corrected chi connectivity index (χ2v) is 8.08. The first-order valence-electron chi connectivity index (χ1n) is 10.5. The Morgan fingerprint density at radius 2 is 1.77 bits per heavy atom. The fourth-order valence-corrected chi connectivity index (χ4v) is 3.63. The second kappa shape index (κ2) is 10.4. The molecule has 1 saturated heterocycles. The van der Waals surface area contributed by atoms with E-state index in [1.807, 2.05) is 13.8 Å². The summed E-state index contributed by atoms with van der Waals surface area (Å²) in [5, 5.41) is 0. The van der Waals surface area contributed by atoms with Crippen LogP contribution in [0.4, 0.5) is 4.39 Å². The molecule has 1 heterocycles. The van der Waals surface area contributed by atoms with Crippen LogP contribution < -0.4 is 4.74 Å².